The van der Waals surface area contributed by atoms with Crippen LogP contribution in [0.2, 0.25) is 0 Å². The van der Waals surface area contributed by atoms with E-state index in [-0.39, 0.29) is 5.91 Å². The molecule has 2 rings (SSSR count). The van der Waals surface area contributed by atoms with E-state index < -0.39 is 6.10 Å². The lowest BCUT2D eigenvalue weighted by molar-refractivity contribution is -0.129. The van der Waals surface area contributed by atoms with Crippen LogP contribution in [-0.4, -0.2) is 64.4 Å². The fourth-order valence-corrected chi connectivity index (χ4v) is 2.55. The third-order valence-corrected chi connectivity index (χ3v) is 3.71. The van der Waals surface area contributed by atoms with Crippen molar-refractivity contribution in [1.82, 2.24) is 14.9 Å². The van der Waals surface area contributed by atoms with Gasteiger partial charge in [0.15, 0.2) is 5.16 Å². The van der Waals surface area contributed by atoms with E-state index in [0.29, 0.717) is 43.0 Å². The third-order valence-electron chi connectivity index (χ3n) is 3.17. The number of amides is 1. The Bertz CT molecular complexity index is 499. The molecule has 20 heavy (non-hydrogen) atoms. The van der Waals surface area contributed by atoms with Gasteiger partial charge in [0.1, 0.15) is 11.6 Å². The Labute approximate surface area is 122 Å². The number of hydrogen-bond donors (Lipinski definition) is 2. The number of nitrogens with zero attached hydrogens (tertiary/aromatic N) is 4. The van der Waals surface area contributed by atoms with Crippen LogP contribution in [-0.2, 0) is 4.79 Å². The number of carbonyl (C=O) groups is 1. The first-order valence-corrected chi connectivity index (χ1v) is 7.59. The normalized spacial score (nSPS) is 19.9. The maximum atomic E-state index is 11.4. The number of carbonyl (C=O) groups excluding carboxylic acids is 1. The van der Waals surface area contributed by atoms with E-state index in [0.717, 1.165) is 0 Å². The second-order valence-corrected chi connectivity index (χ2v) is 5.48. The fourth-order valence-electron chi connectivity index (χ4n) is 2.17. The second kappa shape index (κ2) is 6.27. The highest BCUT2D eigenvalue weighted by Crippen LogP contribution is 2.20. The largest absolute Gasteiger partial charge is 0.389 e. The van der Waals surface area contributed by atoms with Crippen molar-refractivity contribution in [3.63, 3.8) is 0 Å². The van der Waals surface area contributed by atoms with Gasteiger partial charge in [0.05, 0.1) is 6.10 Å². The number of rotatable bonds is 2. The van der Waals surface area contributed by atoms with Crippen molar-refractivity contribution in [2.75, 3.05) is 43.1 Å². The first-order chi connectivity index (χ1) is 9.49. The van der Waals surface area contributed by atoms with E-state index in [1.54, 1.807) is 11.0 Å². The van der Waals surface area contributed by atoms with Crippen LogP contribution in [0.4, 0.5) is 11.6 Å². The summed E-state index contributed by atoms with van der Waals surface area (Å²) in [5.74, 6) is 1.06. The van der Waals surface area contributed by atoms with Crippen molar-refractivity contribution in [1.29, 1.82) is 0 Å². The van der Waals surface area contributed by atoms with Gasteiger partial charge in [0, 0.05) is 39.2 Å². The van der Waals surface area contributed by atoms with Crippen molar-refractivity contribution in [2.24, 2.45) is 0 Å². The predicted molar refractivity (Wildman–Crippen MR) is 78.7 cm³/mol. The zero-order valence-electron chi connectivity index (χ0n) is 11.6. The van der Waals surface area contributed by atoms with Crippen LogP contribution in [0, 0.1) is 0 Å². The van der Waals surface area contributed by atoms with Gasteiger partial charge in [0.2, 0.25) is 5.91 Å². The second-order valence-electron chi connectivity index (χ2n) is 4.70. The summed E-state index contributed by atoms with van der Waals surface area (Å²) >= 11 is 1.42. The number of nitrogen functional groups attached to an aromatic ring is 1. The Morgan fingerprint density at radius 2 is 2.20 bits per heavy atom. The Morgan fingerprint density at radius 1 is 1.45 bits per heavy atom. The average molecular weight is 297 g/mol. The van der Waals surface area contributed by atoms with E-state index in [1.165, 1.54) is 18.7 Å². The van der Waals surface area contributed by atoms with Crippen molar-refractivity contribution < 1.29 is 9.90 Å². The lowest BCUT2D eigenvalue weighted by atomic mass is 10.3. The fraction of sp³-hybridized carbons (Fsp3) is 0.583. The first kappa shape index (κ1) is 14.9. The van der Waals surface area contributed by atoms with Gasteiger partial charge in [-0.2, -0.15) is 0 Å². The van der Waals surface area contributed by atoms with Crippen LogP contribution < -0.4 is 10.6 Å². The number of nitrogens with two attached hydrogens (primary N) is 1. The number of aromatic nitrogens is 2. The summed E-state index contributed by atoms with van der Waals surface area (Å²) in [4.78, 5) is 23.5. The summed E-state index contributed by atoms with van der Waals surface area (Å²) in [6, 6.07) is 1.69. The summed E-state index contributed by atoms with van der Waals surface area (Å²) in [7, 11) is 0. The SMILES string of the molecule is CSc1nc(N)cc(N2CCN(C(C)=O)C[C@@H](O)C2)n1. The molecule has 0 aliphatic carbocycles. The lowest BCUT2D eigenvalue weighted by Gasteiger charge is -2.23. The van der Waals surface area contributed by atoms with Gasteiger partial charge in [-0.05, 0) is 6.26 Å². The number of aliphatic hydroxyl groups is 1. The zero-order chi connectivity index (χ0) is 14.7. The first-order valence-electron chi connectivity index (χ1n) is 6.36. The minimum atomic E-state index is -0.602. The number of thioether (sulfide) groups is 1. The monoisotopic (exact) mass is 297 g/mol. The highest BCUT2D eigenvalue weighted by Gasteiger charge is 2.23. The van der Waals surface area contributed by atoms with Crippen LogP contribution in [0.15, 0.2) is 11.2 Å². The van der Waals surface area contributed by atoms with E-state index in [2.05, 4.69) is 9.97 Å². The Hall–Kier alpha value is -1.54. The van der Waals surface area contributed by atoms with Crippen molar-refractivity contribution in [3.05, 3.63) is 6.07 Å². The molecular formula is C12H19N5O2S. The van der Waals surface area contributed by atoms with Crippen LogP contribution in [0.25, 0.3) is 0 Å². The van der Waals surface area contributed by atoms with Crippen molar-refractivity contribution in [3.8, 4) is 0 Å². The lowest BCUT2D eigenvalue weighted by Crippen LogP contribution is -2.36. The number of hydrogen-bond acceptors (Lipinski definition) is 7. The molecule has 110 valence electrons. The van der Waals surface area contributed by atoms with Crippen LogP contribution in [0.3, 0.4) is 0 Å². The molecule has 0 spiro atoms. The molecule has 1 aliphatic heterocycles. The van der Waals surface area contributed by atoms with Crippen LogP contribution in [0.5, 0.6) is 0 Å². The molecule has 1 atom stereocenters. The molecule has 1 saturated heterocycles. The number of anilines is 2. The molecule has 1 aromatic heterocycles. The number of aliphatic hydroxyl groups excluding tert-OH is 1. The molecule has 1 aliphatic rings. The van der Waals surface area contributed by atoms with E-state index in [1.807, 2.05) is 11.2 Å². The Kier molecular flexibility index (Phi) is 4.66. The standard InChI is InChI=1S/C12H19N5O2S/c1-8(18)16-3-4-17(7-9(19)6-16)11-5-10(13)14-12(15-11)20-2/h5,9,19H,3-4,6-7H2,1-2H3,(H2,13,14,15)/t9-/m1/s1. The molecule has 1 aromatic rings. The maximum absolute atomic E-state index is 11.4. The molecule has 0 aromatic carbocycles. The predicted octanol–water partition coefficient (Wildman–Crippen LogP) is -0.190. The molecule has 1 fully saturated rings. The van der Waals surface area contributed by atoms with Gasteiger partial charge in [-0.3, -0.25) is 4.79 Å². The summed E-state index contributed by atoms with van der Waals surface area (Å²) in [5.41, 5.74) is 5.77. The molecule has 0 unspecified atom stereocenters. The topological polar surface area (TPSA) is 95.6 Å². The van der Waals surface area contributed by atoms with Gasteiger partial charge in [0.25, 0.3) is 0 Å². The van der Waals surface area contributed by atoms with Crippen molar-refractivity contribution in [2.45, 2.75) is 18.2 Å². The summed E-state index contributed by atoms with van der Waals surface area (Å²) in [6.07, 6.45) is 1.28. The van der Waals surface area contributed by atoms with E-state index in [4.69, 9.17) is 5.73 Å². The smallest absolute Gasteiger partial charge is 0.219 e. The molecule has 0 radical (unpaired) electrons. The molecule has 0 saturated carbocycles. The van der Waals surface area contributed by atoms with Crippen molar-refractivity contribution >= 4 is 29.3 Å². The molecule has 1 amide bonds. The minimum absolute atomic E-state index is 0.0297. The molecule has 3 N–H and O–H groups in total. The number of β-amino-alcohol motifs (C(OH)–C–C–N with tert-alkyl or cyclic N) is 1. The van der Waals surface area contributed by atoms with Gasteiger partial charge < -0.3 is 20.6 Å². The molecular weight excluding hydrogens is 278 g/mol. The Balaban J connectivity index is 2.20. The maximum Gasteiger partial charge on any atom is 0.219 e. The van der Waals surface area contributed by atoms with Crippen LogP contribution >= 0.6 is 11.8 Å². The van der Waals surface area contributed by atoms with Gasteiger partial charge in [-0.1, -0.05) is 11.8 Å². The Morgan fingerprint density at radius 3 is 2.85 bits per heavy atom. The average Bonchev–Trinajstić information content (AvgIpc) is 2.60. The van der Waals surface area contributed by atoms with Crippen LogP contribution in [0.1, 0.15) is 6.92 Å². The van der Waals surface area contributed by atoms with Gasteiger partial charge in [-0.15, -0.1) is 0 Å². The third kappa shape index (κ3) is 3.51. The van der Waals surface area contributed by atoms with E-state index >= 15 is 0 Å². The highest BCUT2D eigenvalue weighted by molar-refractivity contribution is 7.98. The van der Waals surface area contributed by atoms with Gasteiger partial charge in [-0.25, -0.2) is 9.97 Å². The van der Waals surface area contributed by atoms with Gasteiger partial charge >= 0.3 is 0 Å². The zero-order valence-corrected chi connectivity index (χ0v) is 12.4. The quantitative estimate of drug-likeness (QED) is 0.577. The molecule has 0 bridgehead atoms. The molecule has 8 heteroatoms. The summed E-state index contributed by atoms with van der Waals surface area (Å²) in [6.45, 7) is 3.46. The summed E-state index contributed by atoms with van der Waals surface area (Å²) < 4.78 is 0. The molecule has 2 heterocycles. The summed E-state index contributed by atoms with van der Waals surface area (Å²) in [5, 5.41) is 10.6. The molecule has 7 nitrogen and oxygen atoms in total. The van der Waals surface area contributed by atoms with E-state index in [9.17, 15) is 9.90 Å². The minimum Gasteiger partial charge on any atom is -0.389 e. The highest BCUT2D eigenvalue weighted by atomic mass is 32.2.